The van der Waals surface area contributed by atoms with Gasteiger partial charge in [0.15, 0.2) is 0 Å². The number of hydrogen-bond donors (Lipinski definition) is 1. The molecule has 1 aliphatic carbocycles. The van der Waals surface area contributed by atoms with E-state index in [1.165, 1.54) is 13.0 Å². The van der Waals surface area contributed by atoms with Gasteiger partial charge >= 0.3 is 0 Å². The lowest BCUT2D eigenvalue weighted by atomic mass is 9.90. The summed E-state index contributed by atoms with van der Waals surface area (Å²) in [5.74, 6) is 1.50. The average molecular weight is 365 g/mol. The van der Waals surface area contributed by atoms with E-state index in [1.54, 1.807) is 4.90 Å². The van der Waals surface area contributed by atoms with Crippen LogP contribution in [0.15, 0.2) is 0 Å². The lowest BCUT2D eigenvalue weighted by molar-refractivity contribution is -0.144. The summed E-state index contributed by atoms with van der Waals surface area (Å²) in [6, 6.07) is -0.126. The molecule has 2 saturated heterocycles. The molecule has 0 radical (unpaired) electrons. The van der Waals surface area contributed by atoms with Crippen LogP contribution in [-0.4, -0.2) is 85.9 Å². The topological polar surface area (TPSA) is 55.9 Å². The second-order valence-corrected chi connectivity index (χ2v) is 9.30. The van der Waals surface area contributed by atoms with E-state index in [2.05, 4.69) is 38.2 Å². The zero-order valence-electron chi connectivity index (χ0n) is 17.0. The van der Waals surface area contributed by atoms with Gasteiger partial charge < -0.3 is 20.0 Å². The highest BCUT2D eigenvalue weighted by Gasteiger charge is 2.54. The van der Waals surface area contributed by atoms with Gasteiger partial charge in [-0.05, 0) is 57.0 Å². The van der Waals surface area contributed by atoms with Crippen molar-refractivity contribution < 1.29 is 9.59 Å². The molecule has 2 atom stereocenters. The maximum absolute atomic E-state index is 12.7. The molecule has 2 heterocycles. The summed E-state index contributed by atoms with van der Waals surface area (Å²) in [6.07, 6.45) is 4.41. The number of piperidine rings is 1. The summed E-state index contributed by atoms with van der Waals surface area (Å²) in [5, 5.41) is 3.30. The Balaban J connectivity index is 1.46. The standard InChI is InChI=1S/C20H36N4O2/c1-15(2)11-17-19(26)24(10-7-21-17)14-18(25)23-8-5-20(6-9-23)12-16(20)13-22(3)4/h15-17,21H,5-14H2,1-4H3. The van der Waals surface area contributed by atoms with Crippen molar-refractivity contribution in [1.29, 1.82) is 0 Å². The lowest BCUT2D eigenvalue weighted by Gasteiger charge is -2.37. The first-order valence-corrected chi connectivity index (χ1v) is 10.3. The van der Waals surface area contributed by atoms with Gasteiger partial charge in [-0.3, -0.25) is 9.59 Å². The van der Waals surface area contributed by atoms with Crippen molar-refractivity contribution in [2.45, 2.75) is 45.6 Å². The van der Waals surface area contributed by atoms with Gasteiger partial charge in [0.1, 0.15) is 0 Å². The first-order valence-electron chi connectivity index (χ1n) is 10.3. The van der Waals surface area contributed by atoms with Crippen LogP contribution in [0, 0.1) is 17.3 Å². The number of piperazine rings is 1. The molecule has 3 rings (SSSR count). The van der Waals surface area contributed by atoms with Crippen molar-refractivity contribution in [2.75, 3.05) is 53.4 Å². The zero-order valence-corrected chi connectivity index (χ0v) is 17.0. The van der Waals surface area contributed by atoms with Gasteiger partial charge in [0, 0.05) is 32.7 Å². The number of rotatable bonds is 6. The molecule has 1 saturated carbocycles. The molecule has 1 N–H and O–H groups in total. The van der Waals surface area contributed by atoms with E-state index in [0.717, 1.165) is 44.8 Å². The van der Waals surface area contributed by atoms with E-state index in [1.807, 2.05) is 4.90 Å². The van der Waals surface area contributed by atoms with Gasteiger partial charge in [-0.25, -0.2) is 0 Å². The predicted molar refractivity (Wildman–Crippen MR) is 103 cm³/mol. The molecule has 0 bridgehead atoms. The first-order chi connectivity index (χ1) is 12.3. The highest BCUT2D eigenvalue weighted by Crippen LogP contribution is 2.59. The number of carbonyl (C=O) groups excluding carboxylic acids is 2. The molecule has 2 unspecified atom stereocenters. The summed E-state index contributed by atoms with van der Waals surface area (Å²) in [7, 11) is 4.28. The summed E-state index contributed by atoms with van der Waals surface area (Å²) >= 11 is 0. The smallest absolute Gasteiger partial charge is 0.242 e. The Morgan fingerprint density at radius 3 is 2.58 bits per heavy atom. The highest BCUT2D eigenvalue weighted by atomic mass is 16.2. The van der Waals surface area contributed by atoms with Crippen LogP contribution in [0.1, 0.15) is 39.5 Å². The summed E-state index contributed by atoms with van der Waals surface area (Å²) in [6.45, 7) is 8.82. The van der Waals surface area contributed by atoms with Gasteiger partial charge in [-0.2, -0.15) is 0 Å². The molecule has 148 valence electrons. The summed E-state index contributed by atoms with van der Waals surface area (Å²) in [4.78, 5) is 31.4. The molecule has 6 heteroatoms. The molecule has 6 nitrogen and oxygen atoms in total. The Hall–Kier alpha value is -1.14. The van der Waals surface area contributed by atoms with E-state index in [-0.39, 0.29) is 24.4 Å². The van der Waals surface area contributed by atoms with E-state index in [0.29, 0.717) is 17.9 Å². The molecule has 26 heavy (non-hydrogen) atoms. The van der Waals surface area contributed by atoms with Gasteiger partial charge in [-0.15, -0.1) is 0 Å². The van der Waals surface area contributed by atoms with E-state index >= 15 is 0 Å². The first kappa shape index (κ1) is 19.6. The van der Waals surface area contributed by atoms with Crippen molar-refractivity contribution in [1.82, 2.24) is 20.0 Å². The number of likely N-dealkylation sites (tertiary alicyclic amines) is 1. The third-order valence-corrected chi connectivity index (χ3v) is 6.47. The maximum Gasteiger partial charge on any atom is 0.242 e. The van der Waals surface area contributed by atoms with Gasteiger partial charge in [0.05, 0.1) is 12.6 Å². The fraction of sp³-hybridized carbons (Fsp3) is 0.900. The van der Waals surface area contributed by atoms with Gasteiger partial charge in [0.2, 0.25) is 11.8 Å². The Labute approximate surface area is 158 Å². The molecule has 0 aromatic heterocycles. The largest absolute Gasteiger partial charge is 0.341 e. The third kappa shape index (κ3) is 4.39. The minimum absolute atomic E-state index is 0.0972. The molecule has 0 aromatic rings. The molecule has 0 aromatic carbocycles. The number of nitrogens with one attached hydrogen (secondary N) is 1. The van der Waals surface area contributed by atoms with Crippen molar-refractivity contribution >= 4 is 11.8 Å². The van der Waals surface area contributed by atoms with Crippen LogP contribution < -0.4 is 5.32 Å². The minimum Gasteiger partial charge on any atom is -0.341 e. The van der Waals surface area contributed by atoms with Gasteiger partial charge in [-0.1, -0.05) is 13.8 Å². The van der Waals surface area contributed by atoms with Crippen LogP contribution in [0.4, 0.5) is 0 Å². The van der Waals surface area contributed by atoms with E-state index in [4.69, 9.17) is 0 Å². The Kier molecular flexibility index (Phi) is 5.92. The normalized spacial score (nSPS) is 28.3. The molecule has 1 spiro atoms. The fourth-order valence-corrected chi connectivity index (χ4v) is 4.81. The molecule has 2 aliphatic heterocycles. The second-order valence-electron chi connectivity index (χ2n) is 9.30. The number of nitrogens with zero attached hydrogens (tertiary/aromatic N) is 3. The quantitative estimate of drug-likeness (QED) is 0.765. The number of amides is 2. The second kappa shape index (κ2) is 7.85. The van der Waals surface area contributed by atoms with Crippen molar-refractivity contribution in [3.63, 3.8) is 0 Å². The molecule has 2 amide bonds. The van der Waals surface area contributed by atoms with Crippen molar-refractivity contribution in [3.05, 3.63) is 0 Å². The van der Waals surface area contributed by atoms with E-state index in [9.17, 15) is 9.59 Å². The number of hydrogen-bond acceptors (Lipinski definition) is 4. The third-order valence-electron chi connectivity index (χ3n) is 6.47. The van der Waals surface area contributed by atoms with Crippen LogP contribution in [0.25, 0.3) is 0 Å². The zero-order chi connectivity index (χ0) is 18.9. The van der Waals surface area contributed by atoms with Crippen LogP contribution >= 0.6 is 0 Å². The minimum atomic E-state index is -0.126. The van der Waals surface area contributed by atoms with Crippen LogP contribution in [0.5, 0.6) is 0 Å². The molecular formula is C20H36N4O2. The monoisotopic (exact) mass is 364 g/mol. The predicted octanol–water partition coefficient (Wildman–Crippen LogP) is 1.02. The van der Waals surface area contributed by atoms with Gasteiger partial charge in [0.25, 0.3) is 0 Å². The Morgan fingerprint density at radius 1 is 1.27 bits per heavy atom. The summed E-state index contributed by atoms with van der Waals surface area (Å²) in [5.41, 5.74) is 0.494. The SMILES string of the molecule is CC(C)CC1NCCN(CC(=O)N2CCC3(CC2)CC3CN(C)C)C1=O. The fourth-order valence-electron chi connectivity index (χ4n) is 4.81. The molecular weight excluding hydrogens is 328 g/mol. The van der Waals surface area contributed by atoms with Crippen molar-refractivity contribution in [3.8, 4) is 0 Å². The van der Waals surface area contributed by atoms with Crippen LogP contribution in [0.2, 0.25) is 0 Å². The maximum atomic E-state index is 12.7. The average Bonchev–Trinajstić information content (AvgIpc) is 3.21. The highest BCUT2D eigenvalue weighted by molar-refractivity contribution is 5.88. The van der Waals surface area contributed by atoms with E-state index < -0.39 is 0 Å². The number of carbonyl (C=O) groups is 2. The molecule has 3 aliphatic rings. The lowest BCUT2D eigenvalue weighted by Crippen LogP contribution is -2.57. The molecule has 3 fully saturated rings. The van der Waals surface area contributed by atoms with Crippen molar-refractivity contribution in [2.24, 2.45) is 17.3 Å². The Bertz CT molecular complexity index is 526. The van der Waals surface area contributed by atoms with Crippen LogP contribution in [-0.2, 0) is 9.59 Å². The Morgan fingerprint density at radius 2 is 1.96 bits per heavy atom. The summed E-state index contributed by atoms with van der Waals surface area (Å²) < 4.78 is 0. The van der Waals surface area contributed by atoms with Crippen LogP contribution in [0.3, 0.4) is 0 Å².